The summed E-state index contributed by atoms with van der Waals surface area (Å²) in [6.45, 7) is 7.51. The lowest BCUT2D eigenvalue weighted by Crippen LogP contribution is -1.95. The number of rotatable bonds is 4. The van der Waals surface area contributed by atoms with Crippen LogP contribution in [0.15, 0.2) is 37.0 Å². The zero-order valence-electron chi connectivity index (χ0n) is 7.55. The third kappa shape index (κ3) is 2.95. The van der Waals surface area contributed by atoms with Crippen LogP contribution in [0.1, 0.15) is 19.3 Å². The van der Waals surface area contributed by atoms with E-state index >= 15 is 0 Å². The maximum atomic E-state index is 3.81. The maximum Gasteiger partial charge on any atom is -0.0196 e. The van der Waals surface area contributed by atoms with E-state index in [1.54, 1.807) is 0 Å². The molecule has 66 valence electrons. The van der Waals surface area contributed by atoms with Gasteiger partial charge in [0.25, 0.3) is 0 Å². The Balaban J connectivity index is 2.40. The first-order valence-electron chi connectivity index (χ1n) is 4.54. The van der Waals surface area contributed by atoms with Gasteiger partial charge in [-0.2, -0.15) is 0 Å². The van der Waals surface area contributed by atoms with Crippen LogP contribution in [0.5, 0.6) is 0 Å². The van der Waals surface area contributed by atoms with Crippen LogP contribution in [0.25, 0.3) is 0 Å². The molecule has 1 fully saturated rings. The van der Waals surface area contributed by atoms with Gasteiger partial charge in [-0.05, 0) is 36.7 Å². The Morgan fingerprint density at radius 3 is 2.83 bits per heavy atom. The van der Waals surface area contributed by atoms with Crippen molar-refractivity contribution < 1.29 is 0 Å². The SMILES string of the molecule is C=C/C=C(\C=C)CC1CCCP1. The molecule has 0 aliphatic carbocycles. The van der Waals surface area contributed by atoms with Crippen molar-refractivity contribution >= 4 is 8.58 Å². The molecule has 0 bridgehead atoms. The van der Waals surface area contributed by atoms with Crippen molar-refractivity contribution in [2.24, 2.45) is 0 Å². The fraction of sp³-hybridized carbons (Fsp3) is 0.455. The van der Waals surface area contributed by atoms with Crippen LogP contribution in [0.4, 0.5) is 0 Å². The highest BCUT2D eigenvalue weighted by molar-refractivity contribution is 7.39. The highest BCUT2D eigenvalue weighted by atomic mass is 31.1. The Hall–Kier alpha value is -0.350. The van der Waals surface area contributed by atoms with Crippen molar-refractivity contribution in [3.8, 4) is 0 Å². The summed E-state index contributed by atoms with van der Waals surface area (Å²) in [6.07, 6.45) is 11.4. The summed E-state index contributed by atoms with van der Waals surface area (Å²) in [5, 5.41) is 0. The third-order valence-electron chi connectivity index (χ3n) is 2.24. The summed E-state index contributed by atoms with van der Waals surface area (Å²) in [5.41, 5.74) is 2.29. The zero-order chi connectivity index (χ0) is 8.81. The zero-order valence-corrected chi connectivity index (χ0v) is 8.55. The van der Waals surface area contributed by atoms with Crippen molar-refractivity contribution in [1.82, 2.24) is 0 Å². The van der Waals surface area contributed by atoms with Crippen LogP contribution < -0.4 is 0 Å². The minimum atomic E-state index is 0.939. The van der Waals surface area contributed by atoms with Crippen molar-refractivity contribution in [3.05, 3.63) is 37.0 Å². The molecular weight excluding hydrogens is 163 g/mol. The monoisotopic (exact) mass is 180 g/mol. The smallest absolute Gasteiger partial charge is 0.0196 e. The molecule has 2 atom stereocenters. The Morgan fingerprint density at radius 1 is 1.50 bits per heavy atom. The van der Waals surface area contributed by atoms with Gasteiger partial charge in [0.15, 0.2) is 0 Å². The molecule has 0 amide bonds. The van der Waals surface area contributed by atoms with Crippen LogP contribution in [-0.2, 0) is 0 Å². The second kappa shape index (κ2) is 5.32. The first kappa shape index (κ1) is 9.74. The first-order valence-corrected chi connectivity index (χ1v) is 5.82. The van der Waals surface area contributed by atoms with E-state index in [-0.39, 0.29) is 0 Å². The van der Waals surface area contributed by atoms with Crippen LogP contribution in [0, 0.1) is 0 Å². The van der Waals surface area contributed by atoms with E-state index in [4.69, 9.17) is 0 Å². The van der Waals surface area contributed by atoms with Gasteiger partial charge in [-0.25, -0.2) is 0 Å². The molecule has 0 N–H and O–H groups in total. The van der Waals surface area contributed by atoms with E-state index < -0.39 is 0 Å². The normalized spacial score (nSPS) is 26.0. The quantitative estimate of drug-likeness (QED) is 0.458. The highest BCUT2D eigenvalue weighted by Gasteiger charge is 2.14. The standard InChI is InChI=1S/C11H17P/c1-3-6-10(4-2)9-11-7-5-8-12-11/h3-4,6,11-12H,1-2,5,7-9H2/b10-6+. The molecule has 1 aliphatic rings. The van der Waals surface area contributed by atoms with Gasteiger partial charge in [0.1, 0.15) is 0 Å². The lowest BCUT2D eigenvalue weighted by Gasteiger charge is -2.08. The summed E-state index contributed by atoms with van der Waals surface area (Å²) in [5.74, 6) is 0. The summed E-state index contributed by atoms with van der Waals surface area (Å²) in [7, 11) is 1.18. The topological polar surface area (TPSA) is 0 Å². The molecule has 0 aromatic rings. The maximum absolute atomic E-state index is 3.81. The average Bonchev–Trinajstić information content (AvgIpc) is 2.56. The van der Waals surface area contributed by atoms with Crippen molar-refractivity contribution in [2.45, 2.75) is 24.9 Å². The molecule has 0 aromatic heterocycles. The molecule has 0 spiro atoms. The van der Waals surface area contributed by atoms with Gasteiger partial charge in [0.2, 0.25) is 0 Å². The molecular formula is C11H17P. The van der Waals surface area contributed by atoms with E-state index in [0.29, 0.717) is 0 Å². The van der Waals surface area contributed by atoms with Crippen LogP contribution in [0.3, 0.4) is 0 Å². The lowest BCUT2D eigenvalue weighted by atomic mass is 10.1. The lowest BCUT2D eigenvalue weighted by molar-refractivity contribution is 0.778. The summed E-state index contributed by atoms with van der Waals surface area (Å²) in [6, 6.07) is 0. The predicted molar refractivity (Wildman–Crippen MR) is 59.3 cm³/mol. The van der Waals surface area contributed by atoms with Crippen LogP contribution in [0.2, 0.25) is 0 Å². The Bertz CT molecular complexity index is 185. The molecule has 0 aromatic carbocycles. The predicted octanol–water partition coefficient (Wildman–Crippen LogP) is 3.52. The minimum Gasteiger partial charge on any atom is -0.119 e. The van der Waals surface area contributed by atoms with Gasteiger partial charge in [-0.1, -0.05) is 31.4 Å². The van der Waals surface area contributed by atoms with Gasteiger partial charge in [-0.3, -0.25) is 0 Å². The van der Waals surface area contributed by atoms with Crippen molar-refractivity contribution in [2.75, 3.05) is 6.16 Å². The molecule has 1 heterocycles. The van der Waals surface area contributed by atoms with E-state index in [1.165, 1.54) is 39.6 Å². The van der Waals surface area contributed by atoms with Crippen LogP contribution in [-0.4, -0.2) is 11.8 Å². The fourth-order valence-corrected chi connectivity index (χ4v) is 3.19. The number of hydrogen-bond acceptors (Lipinski definition) is 0. The number of hydrogen-bond donors (Lipinski definition) is 0. The molecule has 2 unspecified atom stereocenters. The van der Waals surface area contributed by atoms with Gasteiger partial charge < -0.3 is 0 Å². The van der Waals surface area contributed by atoms with Crippen molar-refractivity contribution in [1.29, 1.82) is 0 Å². The number of allylic oxidation sites excluding steroid dienone is 4. The first-order chi connectivity index (χ1) is 5.86. The molecule has 0 nitrogen and oxygen atoms in total. The van der Waals surface area contributed by atoms with Crippen molar-refractivity contribution in [3.63, 3.8) is 0 Å². The Labute approximate surface area is 77.2 Å². The Morgan fingerprint density at radius 2 is 2.33 bits per heavy atom. The second-order valence-corrected chi connectivity index (χ2v) is 4.90. The summed E-state index contributed by atoms with van der Waals surface area (Å²) >= 11 is 0. The largest absolute Gasteiger partial charge is 0.119 e. The van der Waals surface area contributed by atoms with Gasteiger partial charge in [-0.15, -0.1) is 8.58 Å². The summed E-state index contributed by atoms with van der Waals surface area (Å²) < 4.78 is 0. The fourth-order valence-electron chi connectivity index (χ4n) is 1.59. The summed E-state index contributed by atoms with van der Waals surface area (Å²) in [4.78, 5) is 0. The van der Waals surface area contributed by atoms with Gasteiger partial charge >= 0.3 is 0 Å². The molecule has 1 saturated heterocycles. The second-order valence-electron chi connectivity index (χ2n) is 3.18. The van der Waals surface area contributed by atoms with E-state index in [0.717, 1.165) is 5.66 Å². The average molecular weight is 180 g/mol. The Kier molecular flexibility index (Phi) is 4.32. The van der Waals surface area contributed by atoms with E-state index in [9.17, 15) is 0 Å². The highest BCUT2D eigenvalue weighted by Crippen LogP contribution is 2.36. The molecule has 0 saturated carbocycles. The molecule has 1 heteroatoms. The minimum absolute atomic E-state index is 0.939. The molecule has 1 rings (SSSR count). The van der Waals surface area contributed by atoms with E-state index in [2.05, 4.69) is 19.2 Å². The molecule has 12 heavy (non-hydrogen) atoms. The molecule has 0 radical (unpaired) electrons. The van der Waals surface area contributed by atoms with E-state index in [1.807, 2.05) is 12.2 Å². The van der Waals surface area contributed by atoms with Crippen LogP contribution >= 0.6 is 8.58 Å². The van der Waals surface area contributed by atoms with Gasteiger partial charge in [0.05, 0.1) is 0 Å². The molecule has 1 aliphatic heterocycles. The third-order valence-corrected chi connectivity index (χ3v) is 3.95. The van der Waals surface area contributed by atoms with Gasteiger partial charge in [0, 0.05) is 0 Å².